The molecule has 0 heterocycles. The lowest BCUT2D eigenvalue weighted by molar-refractivity contribution is -0.161. The Morgan fingerprint density at radius 3 is 0.835 bits per heavy atom. The van der Waals surface area contributed by atoms with E-state index in [1.165, 1.54) is 109 Å². The van der Waals surface area contributed by atoms with Gasteiger partial charge in [0.25, 0.3) is 0 Å². The van der Waals surface area contributed by atoms with Crippen molar-refractivity contribution in [3.05, 3.63) is 0 Å². The van der Waals surface area contributed by atoms with Crippen LogP contribution >= 0.6 is 15.6 Å². The van der Waals surface area contributed by atoms with Crippen LogP contribution in [0.15, 0.2) is 0 Å². The van der Waals surface area contributed by atoms with Crippen molar-refractivity contribution in [2.75, 3.05) is 39.6 Å². The number of carbonyl (C=O) groups excluding carboxylic acids is 4. The summed E-state index contributed by atoms with van der Waals surface area (Å²) in [6.07, 6.45) is 36.3. The van der Waals surface area contributed by atoms with Crippen LogP contribution in [0.25, 0.3) is 0 Å². The minimum Gasteiger partial charge on any atom is -0.462 e. The zero-order valence-corrected chi connectivity index (χ0v) is 57.0. The SMILES string of the molecule is CCC(C)CCCCCCCCCCC(=O)O[C@H](COC(=O)CCCCCCCCC(C)C)COP(=O)(O)OC[C@H](O)COP(=O)(O)OC[C@@H](COC(=O)CCCCCCCCCC(C)C)OC(=O)CCCCCCCCCCCCCC(C)C. The number of esters is 4. The fourth-order valence-corrected chi connectivity index (χ4v) is 11.3. The Bertz CT molecular complexity index is 1700. The van der Waals surface area contributed by atoms with Crippen LogP contribution in [-0.4, -0.2) is 96.7 Å². The fourth-order valence-electron chi connectivity index (χ4n) is 9.75. The Kier molecular flexibility index (Phi) is 54.8. The van der Waals surface area contributed by atoms with Crippen molar-refractivity contribution >= 4 is 39.5 Å². The van der Waals surface area contributed by atoms with E-state index in [4.69, 9.17) is 37.0 Å². The molecule has 0 amide bonds. The Hall–Kier alpha value is -1.94. The molecule has 0 aliphatic carbocycles. The van der Waals surface area contributed by atoms with Gasteiger partial charge in [-0.15, -0.1) is 0 Å². The average Bonchev–Trinajstić information content (AvgIpc) is 3.56. The molecule has 6 atom stereocenters. The normalized spacial score (nSPS) is 14.7. The number of phosphoric ester groups is 2. The van der Waals surface area contributed by atoms with Crippen LogP contribution in [0.3, 0.4) is 0 Å². The minimum atomic E-state index is -4.95. The monoisotopic (exact) mass is 1250 g/mol. The number of hydrogen-bond acceptors (Lipinski definition) is 15. The van der Waals surface area contributed by atoms with Crippen LogP contribution in [0.1, 0.15) is 319 Å². The van der Waals surface area contributed by atoms with E-state index in [0.717, 1.165) is 115 Å². The van der Waals surface area contributed by atoms with Crippen LogP contribution in [-0.2, 0) is 65.4 Å². The van der Waals surface area contributed by atoms with Gasteiger partial charge in [0.15, 0.2) is 12.2 Å². The van der Waals surface area contributed by atoms with Gasteiger partial charge in [-0.1, -0.05) is 267 Å². The Morgan fingerprint density at radius 1 is 0.329 bits per heavy atom. The highest BCUT2D eigenvalue weighted by atomic mass is 31.2. The van der Waals surface area contributed by atoms with Crippen LogP contribution in [0.2, 0.25) is 0 Å². The van der Waals surface area contributed by atoms with Gasteiger partial charge in [0, 0.05) is 25.7 Å². The third kappa shape index (κ3) is 59.5. The molecule has 0 saturated heterocycles. The van der Waals surface area contributed by atoms with Gasteiger partial charge in [0.1, 0.15) is 19.3 Å². The molecular weight excluding hydrogens is 1130 g/mol. The van der Waals surface area contributed by atoms with Gasteiger partial charge in [0.05, 0.1) is 26.4 Å². The van der Waals surface area contributed by atoms with Crippen molar-refractivity contribution in [2.24, 2.45) is 23.7 Å². The summed E-state index contributed by atoms with van der Waals surface area (Å²) in [6.45, 7) is 14.0. The summed E-state index contributed by atoms with van der Waals surface area (Å²) >= 11 is 0. The Morgan fingerprint density at radius 2 is 0.565 bits per heavy atom. The van der Waals surface area contributed by atoms with Crippen molar-refractivity contribution in [3.8, 4) is 0 Å². The van der Waals surface area contributed by atoms with Crippen molar-refractivity contribution in [1.29, 1.82) is 0 Å². The van der Waals surface area contributed by atoms with Gasteiger partial charge in [-0.25, -0.2) is 9.13 Å². The molecule has 504 valence electrons. The molecule has 3 unspecified atom stereocenters. The van der Waals surface area contributed by atoms with Crippen LogP contribution in [0.5, 0.6) is 0 Å². The smallest absolute Gasteiger partial charge is 0.462 e. The van der Waals surface area contributed by atoms with Gasteiger partial charge in [-0.2, -0.15) is 0 Å². The molecule has 0 saturated carbocycles. The van der Waals surface area contributed by atoms with Gasteiger partial charge >= 0.3 is 39.5 Å². The average molecular weight is 1260 g/mol. The summed E-state index contributed by atoms with van der Waals surface area (Å²) in [4.78, 5) is 72.3. The summed E-state index contributed by atoms with van der Waals surface area (Å²) in [5.74, 6) is 0.781. The number of carbonyl (C=O) groups is 4. The standard InChI is InChI=1S/C66H128O17P2/c1-9-59(8)45-37-29-20-15-16-22-33-41-49-66(71)83-62(53-77-64(69)47-39-31-25-24-28-36-44-58(6)7)55-81-85(74,75)79-51-60(67)50-78-84(72,73)80-54-61(52-76-63(68)46-38-30-23-17-19-27-35-43-57(4)5)82-65(70)48-40-32-21-14-12-10-11-13-18-26-34-42-56(2)3/h56-62,67H,9-55H2,1-8H3,(H,72,73)(H,74,75)/t59?,60-,61-,62-/m1/s1. The molecule has 0 aromatic rings. The molecule has 3 N–H and O–H groups in total. The van der Waals surface area contributed by atoms with Crippen molar-refractivity contribution in [3.63, 3.8) is 0 Å². The first-order chi connectivity index (χ1) is 40.6. The van der Waals surface area contributed by atoms with E-state index >= 15 is 0 Å². The molecule has 0 aliphatic heterocycles. The highest BCUT2D eigenvalue weighted by Gasteiger charge is 2.30. The lowest BCUT2D eigenvalue weighted by Gasteiger charge is -2.21. The van der Waals surface area contributed by atoms with E-state index in [9.17, 15) is 43.2 Å². The van der Waals surface area contributed by atoms with Crippen molar-refractivity contribution in [2.45, 2.75) is 337 Å². The molecule has 0 spiro atoms. The second-order valence-electron chi connectivity index (χ2n) is 25.5. The second kappa shape index (κ2) is 56.1. The minimum absolute atomic E-state index is 0.103. The lowest BCUT2D eigenvalue weighted by Crippen LogP contribution is -2.30. The van der Waals surface area contributed by atoms with E-state index in [2.05, 4.69) is 55.4 Å². The summed E-state index contributed by atoms with van der Waals surface area (Å²) in [5.41, 5.74) is 0. The highest BCUT2D eigenvalue weighted by molar-refractivity contribution is 7.47. The zero-order valence-electron chi connectivity index (χ0n) is 55.2. The maximum Gasteiger partial charge on any atom is 0.472 e. The Labute approximate surface area is 517 Å². The molecule has 0 rings (SSSR count). The first kappa shape index (κ1) is 83.1. The molecular formula is C66H128O17P2. The van der Waals surface area contributed by atoms with E-state index < -0.39 is 97.5 Å². The van der Waals surface area contributed by atoms with E-state index in [1.54, 1.807) is 0 Å². The van der Waals surface area contributed by atoms with Crippen LogP contribution in [0.4, 0.5) is 0 Å². The molecule has 0 fully saturated rings. The molecule has 19 heteroatoms. The van der Waals surface area contributed by atoms with Gasteiger partial charge in [-0.3, -0.25) is 37.3 Å². The molecule has 0 aromatic heterocycles. The van der Waals surface area contributed by atoms with Crippen LogP contribution < -0.4 is 0 Å². The summed E-state index contributed by atoms with van der Waals surface area (Å²) < 4.78 is 68.1. The molecule has 17 nitrogen and oxygen atoms in total. The molecule has 0 bridgehead atoms. The van der Waals surface area contributed by atoms with E-state index in [1.807, 2.05) is 0 Å². The molecule has 0 radical (unpaired) electrons. The van der Waals surface area contributed by atoms with Gasteiger partial charge < -0.3 is 33.8 Å². The Balaban J connectivity index is 5.25. The number of rotatable bonds is 63. The van der Waals surface area contributed by atoms with Gasteiger partial charge in [-0.05, 0) is 49.4 Å². The van der Waals surface area contributed by atoms with Crippen molar-refractivity contribution < 1.29 is 80.2 Å². The van der Waals surface area contributed by atoms with E-state index in [-0.39, 0.29) is 25.7 Å². The fraction of sp³-hybridized carbons (Fsp3) is 0.939. The molecule has 0 aliphatic rings. The third-order valence-electron chi connectivity index (χ3n) is 15.4. The quantitative estimate of drug-likeness (QED) is 0.0222. The van der Waals surface area contributed by atoms with Gasteiger partial charge in [0.2, 0.25) is 0 Å². The van der Waals surface area contributed by atoms with Crippen molar-refractivity contribution in [1.82, 2.24) is 0 Å². The second-order valence-corrected chi connectivity index (χ2v) is 28.4. The zero-order chi connectivity index (χ0) is 63.2. The maximum atomic E-state index is 13.0. The number of ether oxygens (including phenoxy) is 4. The number of phosphoric acid groups is 2. The predicted molar refractivity (Wildman–Crippen MR) is 340 cm³/mol. The summed E-state index contributed by atoms with van der Waals surface area (Å²) in [6, 6.07) is 0. The topological polar surface area (TPSA) is 237 Å². The largest absolute Gasteiger partial charge is 0.472 e. The van der Waals surface area contributed by atoms with E-state index in [0.29, 0.717) is 37.5 Å². The first-order valence-electron chi connectivity index (χ1n) is 34.2. The van der Waals surface area contributed by atoms with Crippen LogP contribution in [0, 0.1) is 23.7 Å². The lowest BCUT2D eigenvalue weighted by atomic mass is 9.99. The molecule has 85 heavy (non-hydrogen) atoms. The third-order valence-corrected chi connectivity index (χ3v) is 17.3. The number of aliphatic hydroxyl groups is 1. The predicted octanol–water partition coefficient (Wildman–Crippen LogP) is 18.1. The first-order valence-corrected chi connectivity index (χ1v) is 37.2. The maximum absolute atomic E-state index is 13.0. The number of aliphatic hydroxyl groups excluding tert-OH is 1. The highest BCUT2D eigenvalue weighted by Crippen LogP contribution is 2.45. The number of unbranched alkanes of at least 4 members (excludes halogenated alkanes) is 28. The molecule has 0 aromatic carbocycles. The number of hydrogen-bond donors (Lipinski definition) is 3. The summed E-state index contributed by atoms with van der Waals surface area (Å²) in [5, 5.41) is 10.5. The summed E-state index contributed by atoms with van der Waals surface area (Å²) in [7, 11) is -9.89.